The number of rotatable bonds is 8. The van der Waals surface area contributed by atoms with Crippen LogP contribution in [0, 0.1) is 23.1 Å². The van der Waals surface area contributed by atoms with Crippen molar-refractivity contribution in [1.29, 1.82) is 0 Å². The predicted octanol–water partition coefficient (Wildman–Crippen LogP) is 4.79. The molecule has 6 nitrogen and oxygen atoms in total. The first-order chi connectivity index (χ1) is 18.3. The van der Waals surface area contributed by atoms with E-state index in [0.29, 0.717) is 49.6 Å². The van der Waals surface area contributed by atoms with Crippen LogP contribution < -0.4 is 5.32 Å². The average Bonchev–Trinajstić information content (AvgIpc) is 2.94. The van der Waals surface area contributed by atoms with Crippen LogP contribution in [0.25, 0.3) is 0 Å². The van der Waals surface area contributed by atoms with Crippen molar-refractivity contribution in [2.45, 2.75) is 33.2 Å². The fourth-order valence-electron chi connectivity index (χ4n) is 6.25. The number of nitrogens with zero attached hydrogens (tertiary/aromatic N) is 3. The number of hydrogen-bond acceptors (Lipinski definition) is 3. The van der Waals surface area contributed by atoms with Crippen LogP contribution in [0.3, 0.4) is 0 Å². The second-order valence-electron chi connectivity index (χ2n) is 11.5. The maximum atomic E-state index is 13.6. The van der Waals surface area contributed by atoms with Crippen molar-refractivity contribution in [2.24, 2.45) is 17.3 Å². The van der Waals surface area contributed by atoms with Gasteiger partial charge in [0.2, 0.25) is 0 Å². The van der Waals surface area contributed by atoms with Crippen molar-refractivity contribution < 1.29 is 14.0 Å². The molecule has 7 heteroatoms. The SMILES string of the molecule is CC1(C)C2CC=C(CN(CCN3CCN(C(=O)c4cccc(F)c4)CC3)C(=O)NCc3ccccc3)C1C2. The third-order valence-corrected chi connectivity index (χ3v) is 8.95. The molecule has 2 bridgehead atoms. The number of piperazine rings is 1. The summed E-state index contributed by atoms with van der Waals surface area (Å²) in [5, 5.41) is 3.13. The second kappa shape index (κ2) is 11.3. The predicted molar refractivity (Wildman–Crippen MR) is 147 cm³/mol. The minimum atomic E-state index is -0.394. The van der Waals surface area contributed by atoms with E-state index in [1.807, 2.05) is 35.2 Å². The van der Waals surface area contributed by atoms with Crippen LogP contribution in [-0.2, 0) is 6.54 Å². The molecule has 6 rings (SSSR count). The highest BCUT2D eigenvalue weighted by atomic mass is 19.1. The Morgan fingerprint density at radius 1 is 1.05 bits per heavy atom. The van der Waals surface area contributed by atoms with E-state index < -0.39 is 5.82 Å². The van der Waals surface area contributed by atoms with Crippen molar-refractivity contribution in [3.63, 3.8) is 0 Å². The van der Waals surface area contributed by atoms with Gasteiger partial charge < -0.3 is 15.1 Å². The lowest BCUT2D eigenvalue weighted by Crippen LogP contribution is -2.53. The fraction of sp³-hybridized carbons (Fsp3) is 0.484. The van der Waals surface area contributed by atoms with Crippen LogP contribution in [-0.4, -0.2) is 72.5 Å². The topological polar surface area (TPSA) is 55.9 Å². The lowest BCUT2D eigenvalue weighted by molar-refractivity contribution is -0.00985. The van der Waals surface area contributed by atoms with Crippen LogP contribution in [0.4, 0.5) is 9.18 Å². The zero-order valence-corrected chi connectivity index (χ0v) is 22.5. The Balaban J connectivity index is 1.17. The van der Waals surface area contributed by atoms with E-state index in [1.165, 1.54) is 24.1 Å². The molecule has 1 saturated carbocycles. The molecule has 0 radical (unpaired) electrons. The molecule has 1 heterocycles. The summed E-state index contributed by atoms with van der Waals surface area (Å²) in [6, 6.07) is 15.8. The molecule has 3 aliphatic carbocycles. The number of urea groups is 1. The first-order valence-electron chi connectivity index (χ1n) is 13.8. The van der Waals surface area contributed by atoms with Gasteiger partial charge in [-0.3, -0.25) is 9.69 Å². The summed E-state index contributed by atoms with van der Waals surface area (Å²) in [6.45, 7) is 9.95. The van der Waals surface area contributed by atoms with Gasteiger partial charge >= 0.3 is 6.03 Å². The molecule has 2 aromatic rings. The van der Waals surface area contributed by atoms with E-state index in [0.717, 1.165) is 37.5 Å². The zero-order valence-electron chi connectivity index (χ0n) is 22.5. The molecule has 38 heavy (non-hydrogen) atoms. The standard InChI is InChI=1S/C31H39FN4O2/c1-31(2)26-12-11-25(28(31)20-26)22-36(30(38)33-21-23-7-4-3-5-8-23)18-15-34-13-16-35(17-14-34)29(37)24-9-6-10-27(32)19-24/h3-11,19,26,28H,12-18,20-22H2,1-2H3,(H,33,38). The number of fused-ring (bicyclic) bond motifs is 1. The number of hydrogen-bond donors (Lipinski definition) is 1. The summed E-state index contributed by atoms with van der Waals surface area (Å²) in [5.41, 5.74) is 3.19. The molecular formula is C31H39FN4O2. The Bertz CT molecular complexity index is 1170. The molecule has 1 N–H and O–H groups in total. The molecule has 2 aromatic carbocycles. The van der Waals surface area contributed by atoms with Gasteiger partial charge in [-0.05, 0) is 53.9 Å². The summed E-state index contributed by atoms with van der Waals surface area (Å²) < 4.78 is 13.6. The Labute approximate surface area is 225 Å². The molecule has 4 aliphatic rings. The molecular weight excluding hydrogens is 479 g/mol. The molecule has 2 fully saturated rings. The summed E-state index contributed by atoms with van der Waals surface area (Å²) >= 11 is 0. The third-order valence-electron chi connectivity index (χ3n) is 8.95. The number of benzene rings is 2. The first-order valence-corrected chi connectivity index (χ1v) is 13.8. The quantitative estimate of drug-likeness (QED) is 0.512. The number of amides is 3. The number of nitrogens with one attached hydrogen (secondary N) is 1. The minimum absolute atomic E-state index is 0.0334. The number of allylic oxidation sites excluding steroid dienone is 1. The minimum Gasteiger partial charge on any atom is -0.336 e. The van der Waals surface area contributed by atoms with Crippen LogP contribution in [0.5, 0.6) is 0 Å². The van der Waals surface area contributed by atoms with Crippen molar-refractivity contribution >= 4 is 11.9 Å². The van der Waals surface area contributed by atoms with Gasteiger partial charge in [0, 0.05) is 57.9 Å². The van der Waals surface area contributed by atoms with E-state index in [9.17, 15) is 14.0 Å². The van der Waals surface area contributed by atoms with Crippen LogP contribution in [0.1, 0.15) is 42.6 Å². The largest absolute Gasteiger partial charge is 0.336 e. The normalized spacial score (nSPS) is 22.3. The van der Waals surface area contributed by atoms with Gasteiger partial charge in [-0.2, -0.15) is 0 Å². The Morgan fingerprint density at radius 3 is 2.50 bits per heavy atom. The van der Waals surface area contributed by atoms with Crippen LogP contribution in [0.15, 0.2) is 66.2 Å². The molecule has 2 unspecified atom stereocenters. The maximum Gasteiger partial charge on any atom is 0.318 e. The summed E-state index contributed by atoms with van der Waals surface area (Å²) in [6.07, 6.45) is 4.72. The highest BCUT2D eigenvalue weighted by molar-refractivity contribution is 5.94. The Hall–Kier alpha value is -3.19. The highest BCUT2D eigenvalue weighted by Gasteiger charge is 2.51. The van der Waals surface area contributed by atoms with Crippen LogP contribution >= 0.6 is 0 Å². The number of halogens is 1. The lowest BCUT2D eigenvalue weighted by atomic mass is 9.49. The van der Waals surface area contributed by atoms with E-state index in [1.54, 1.807) is 17.0 Å². The fourth-order valence-corrected chi connectivity index (χ4v) is 6.25. The molecule has 0 aromatic heterocycles. The monoisotopic (exact) mass is 518 g/mol. The molecule has 1 saturated heterocycles. The van der Waals surface area contributed by atoms with Gasteiger partial charge in [0.25, 0.3) is 5.91 Å². The molecule has 1 aliphatic heterocycles. The summed E-state index contributed by atoms with van der Waals surface area (Å²) in [4.78, 5) is 32.2. The number of carbonyl (C=O) groups excluding carboxylic acids is 2. The average molecular weight is 519 g/mol. The Kier molecular flexibility index (Phi) is 7.84. The van der Waals surface area contributed by atoms with Crippen molar-refractivity contribution in [1.82, 2.24) is 20.0 Å². The van der Waals surface area contributed by atoms with Gasteiger partial charge in [0.05, 0.1) is 0 Å². The van der Waals surface area contributed by atoms with E-state index in [4.69, 9.17) is 0 Å². The van der Waals surface area contributed by atoms with Gasteiger partial charge in [-0.25, -0.2) is 9.18 Å². The van der Waals surface area contributed by atoms with Gasteiger partial charge in [0.1, 0.15) is 5.82 Å². The van der Waals surface area contributed by atoms with Gasteiger partial charge in [-0.15, -0.1) is 0 Å². The third kappa shape index (κ3) is 5.78. The van der Waals surface area contributed by atoms with Crippen LogP contribution in [0.2, 0.25) is 0 Å². The van der Waals surface area contributed by atoms with Crippen molar-refractivity contribution in [3.05, 3.63) is 83.2 Å². The maximum absolute atomic E-state index is 13.6. The van der Waals surface area contributed by atoms with Crippen molar-refractivity contribution in [3.8, 4) is 0 Å². The highest BCUT2D eigenvalue weighted by Crippen LogP contribution is 2.59. The Morgan fingerprint density at radius 2 is 1.82 bits per heavy atom. The summed E-state index contributed by atoms with van der Waals surface area (Å²) in [5.74, 6) is 0.803. The van der Waals surface area contributed by atoms with E-state index in [-0.39, 0.29) is 11.9 Å². The second-order valence-corrected chi connectivity index (χ2v) is 11.5. The lowest BCUT2D eigenvalue weighted by Gasteiger charge is -2.57. The molecule has 3 amide bonds. The molecule has 2 atom stereocenters. The molecule has 202 valence electrons. The van der Waals surface area contributed by atoms with Gasteiger partial charge in [-0.1, -0.05) is 61.9 Å². The van der Waals surface area contributed by atoms with E-state index >= 15 is 0 Å². The van der Waals surface area contributed by atoms with Crippen molar-refractivity contribution in [2.75, 3.05) is 45.8 Å². The first kappa shape index (κ1) is 26.4. The number of carbonyl (C=O) groups is 2. The van der Waals surface area contributed by atoms with Gasteiger partial charge in [0.15, 0.2) is 0 Å². The zero-order chi connectivity index (χ0) is 26.7. The molecule has 0 spiro atoms. The summed E-state index contributed by atoms with van der Waals surface area (Å²) in [7, 11) is 0. The van der Waals surface area contributed by atoms with E-state index in [2.05, 4.69) is 30.1 Å². The smallest absolute Gasteiger partial charge is 0.318 e.